The fourth-order valence-corrected chi connectivity index (χ4v) is 1.69. The number of ether oxygens (including phenoxy) is 1. The van der Waals surface area contributed by atoms with Crippen LogP contribution in [0, 0.1) is 11.3 Å². The molecule has 74 valence electrons. The van der Waals surface area contributed by atoms with Crippen LogP contribution >= 0.6 is 0 Å². The third kappa shape index (κ3) is 1.46. The van der Waals surface area contributed by atoms with Gasteiger partial charge in [-0.3, -0.25) is 4.79 Å². The highest BCUT2D eigenvalue weighted by Crippen LogP contribution is 2.35. The van der Waals surface area contributed by atoms with Gasteiger partial charge in [0.05, 0.1) is 18.6 Å². The third-order valence-corrected chi connectivity index (χ3v) is 3.34. The van der Waals surface area contributed by atoms with Crippen molar-refractivity contribution >= 4 is 5.91 Å². The molecule has 1 N–H and O–H groups in total. The first-order valence-corrected chi connectivity index (χ1v) is 5.07. The fraction of sp³-hybridized carbons (Fsp3) is 0.900. The molecular formula is C10H17NO2. The fourth-order valence-electron chi connectivity index (χ4n) is 1.69. The van der Waals surface area contributed by atoms with Gasteiger partial charge in [0.2, 0.25) is 5.91 Å². The van der Waals surface area contributed by atoms with Crippen molar-refractivity contribution < 1.29 is 9.53 Å². The first-order valence-electron chi connectivity index (χ1n) is 5.07. The minimum atomic E-state index is -0.192. The molecule has 0 radical (unpaired) electrons. The van der Waals surface area contributed by atoms with Crippen molar-refractivity contribution in [3.8, 4) is 0 Å². The zero-order valence-electron chi connectivity index (χ0n) is 8.30. The molecule has 0 aromatic carbocycles. The average molecular weight is 183 g/mol. The maximum absolute atomic E-state index is 11.8. The van der Waals surface area contributed by atoms with E-state index in [1.165, 1.54) is 0 Å². The average Bonchev–Trinajstić information content (AvgIpc) is 2.65. The van der Waals surface area contributed by atoms with E-state index in [2.05, 4.69) is 19.2 Å². The summed E-state index contributed by atoms with van der Waals surface area (Å²) in [5.41, 5.74) is -0.192. The molecule has 2 fully saturated rings. The maximum Gasteiger partial charge on any atom is 0.231 e. The van der Waals surface area contributed by atoms with Crippen molar-refractivity contribution in [2.45, 2.75) is 32.7 Å². The number of rotatable bonds is 3. The van der Waals surface area contributed by atoms with E-state index in [0.29, 0.717) is 25.2 Å². The topological polar surface area (TPSA) is 38.3 Å². The Balaban J connectivity index is 1.88. The Bertz CT molecular complexity index is 217. The first-order chi connectivity index (χ1) is 6.18. The van der Waals surface area contributed by atoms with Crippen molar-refractivity contribution in [2.24, 2.45) is 11.3 Å². The van der Waals surface area contributed by atoms with E-state index in [1.54, 1.807) is 0 Å². The van der Waals surface area contributed by atoms with Crippen molar-refractivity contribution in [1.29, 1.82) is 0 Å². The van der Waals surface area contributed by atoms with E-state index < -0.39 is 0 Å². The molecule has 1 aliphatic heterocycles. The zero-order valence-corrected chi connectivity index (χ0v) is 8.30. The van der Waals surface area contributed by atoms with Gasteiger partial charge in [0, 0.05) is 6.04 Å². The van der Waals surface area contributed by atoms with Gasteiger partial charge < -0.3 is 10.1 Å². The van der Waals surface area contributed by atoms with Crippen LogP contribution in [0.3, 0.4) is 0 Å². The molecule has 1 heterocycles. The maximum atomic E-state index is 11.8. The molecule has 13 heavy (non-hydrogen) atoms. The normalized spacial score (nSPS) is 34.9. The molecule has 0 bridgehead atoms. The molecule has 2 rings (SSSR count). The predicted molar refractivity (Wildman–Crippen MR) is 49.3 cm³/mol. The molecule has 1 saturated heterocycles. The molecule has 0 spiro atoms. The molecule has 1 saturated carbocycles. The van der Waals surface area contributed by atoms with Crippen LogP contribution in [0.2, 0.25) is 0 Å². The standard InChI is InChI=1S/C10H17NO2/c1-3-10(5-13-6-10)9(12)11-8-4-7(8)2/h7-8H,3-6H2,1-2H3,(H,11,12). The number of hydrogen-bond acceptors (Lipinski definition) is 2. The number of carbonyl (C=O) groups excluding carboxylic acids is 1. The Morgan fingerprint density at radius 1 is 1.62 bits per heavy atom. The summed E-state index contributed by atoms with van der Waals surface area (Å²) in [6, 6.07) is 0.441. The van der Waals surface area contributed by atoms with Crippen LogP contribution in [0.4, 0.5) is 0 Å². The van der Waals surface area contributed by atoms with Crippen molar-refractivity contribution in [3.05, 3.63) is 0 Å². The molecule has 0 aromatic heterocycles. The van der Waals surface area contributed by atoms with Crippen LogP contribution in [0.25, 0.3) is 0 Å². The summed E-state index contributed by atoms with van der Waals surface area (Å²) in [6.07, 6.45) is 2.03. The minimum absolute atomic E-state index is 0.192. The predicted octanol–water partition coefficient (Wildman–Crippen LogP) is 0.938. The summed E-state index contributed by atoms with van der Waals surface area (Å²) in [7, 11) is 0. The lowest BCUT2D eigenvalue weighted by molar-refractivity contribution is -0.162. The smallest absolute Gasteiger partial charge is 0.231 e. The number of hydrogen-bond donors (Lipinski definition) is 1. The van der Waals surface area contributed by atoms with Crippen LogP contribution in [0.5, 0.6) is 0 Å². The van der Waals surface area contributed by atoms with Gasteiger partial charge in [-0.25, -0.2) is 0 Å². The highest BCUT2D eigenvalue weighted by atomic mass is 16.5. The van der Waals surface area contributed by atoms with Gasteiger partial charge in [0.15, 0.2) is 0 Å². The highest BCUT2D eigenvalue weighted by molar-refractivity contribution is 5.84. The number of nitrogens with one attached hydrogen (secondary N) is 1. The van der Waals surface area contributed by atoms with Crippen LogP contribution in [0.1, 0.15) is 26.7 Å². The van der Waals surface area contributed by atoms with Crippen molar-refractivity contribution in [3.63, 3.8) is 0 Å². The Morgan fingerprint density at radius 2 is 2.23 bits per heavy atom. The lowest BCUT2D eigenvalue weighted by Gasteiger charge is -2.39. The van der Waals surface area contributed by atoms with Gasteiger partial charge in [-0.2, -0.15) is 0 Å². The molecule has 3 heteroatoms. The summed E-state index contributed by atoms with van der Waals surface area (Å²) in [5.74, 6) is 0.884. The molecule has 2 aliphatic rings. The second kappa shape index (κ2) is 2.98. The van der Waals surface area contributed by atoms with Crippen LogP contribution in [-0.4, -0.2) is 25.2 Å². The van der Waals surface area contributed by atoms with Crippen LogP contribution in [0.15, 0.2) is 0 Å². The Hall–Kier alpha value is -0.570. The molecule has 3 nitrogen and oxygen atoms in total. The summed E-state index contributed by atoms with van der Waals surface area (Å²) < 4.78 is 5.12. The van der Waals surface area contributed by atoms with E-state index in [-0.39, 0.29) is 11.3 Å². The van der Waals surface area contributed by atoms with Crippen LogP contribution < -0.4 is 5.32 Å². The highest BCUT2D eigenvalue weighted by Gasteiger charge is 2.46. The van der Waals surface area contributed by atoms with Gasteiger partial charge in [-0.05, 0) is 18.8 Å². The van der Waals surface area contributed by atoms with Gasteiger partial charge in [-0.1, -0.05) is 13.8 Å². The Labute approximate surface area is 78.8 Å². The molecular weight excluding hydrogens is 166 g/mol. The van der Waals surface area contributed by atoms with E-state index in [0.717, 1.165) is 12.8 Å². The summed E-state index contributed by atoms with van der Waals surface area (Å²) in [4.78, 5) is 11.8. The molecule has 0 aromatic rings. The SMILES string of the molecule is CCC1(C(=O)NC2CC2C)COC1. The monoisotopic (exact) mass is 183 g/mol. The molecule has 2 atom stereocenters. The largest absolute Gasteiger partial charge is 0.379 e. The zero-order chi connectivity index (χ0) is 9.47. The third-order valence-electron chi connectivity index (χ3n) is 3.34. The lowest BCUT2D eigenvalue weighted by Crippen LogP contribution is -2.54. The molecule has 1 aliphatic carbocycles. The van der Waals surface area contributed by atoms with Crippen molar-refractivity contribution in [2.75, 3.05) is 13.2 Å². The van der Waals surface area contributed by atoms with E-state index >= 15 is 0 Å². The van der Waals surface area contributed by atoms with Crippen molar-refractivity contribution in [1.82, 2.24) is 5.32 Å². The quantitative estimate of drug-likeness (QED) is 0.707. The van der Waals surface area contributed by atoms with Gasteiger partial charge in [0.1, 0.15) is 0 Å². The Kier molecular flexibility index (Phi) is 2.06. The second-order valence-electron chi connectivity index (χ2n) is 4.42. The Morgan fingerprint density at radius 3 is 2.54 bits per heavy atom. The van der Waals surface area contributed by atoms with Gasteiger partial charge >= 0.3 is 0 Å². The molecule has 2 unspecified atom stereocenters. The van der Waals surface area contributed by atoms with Gasteiger partial charge in [-0.15, -0.1) is 0 Å². The summed E-state index contributed by atoms with van der Waals surface area (Å²) in [6.45, 7) is 5.44. The molecule has 1 amide bonds. The van der Waals surface area contributed by atoms with E-state index in [4.69, 9.17) is 4.74 Å². The first kappa shape index (κ1) is 9.00. The van der Waals surface area contributed by atoms with E-state index in [1.807, 2.05) is 0 Å². The number of amides is 1. The van der Waals surface area contributed by atoms with E-state index in [9.17, 15) is 4.79 Å². The lowest BCUT2D eigenvalue weighted by atomic mass is 9.82. The second-order valence-corrected chi connectivity index (χ2v) is 4.42. The van der Waals surface area contributed by atoms with Crippen LogP contribution in [-0.2, 0) is 9.53 Å². The number of carbonyl (C=O) groups is 1. The summed E-state index contributed by atoms with van der Waals surface area (Å²) in [5, 5.41) is 3.08. The summed E-state index contributed by atoms with van der Waals surface area (Å²) >= 11 is 0. The minimum Gasteiger partial charge on any atom is -0.379 e. The van der Waals surface area contributed by atoms with Gasteiger partial charge in [0.25, 0.3) is 0 Å².